The number of nitrogens with one attached hydrogen (secondary N) is 1. The van der Waals surface area contributed by atoms with Crippen LogP contribution in [0.4, 0.5) is 8.78 Å². The number of aromatic nitrogens is 2. The van der Waals surface area contributed by atoms with Gasteiger partial charge in [-0.15, -0.1) is 0 Å². The number of carbonyl (C=O) groups is 2. The van der Waals surface area contributed by atoms with Gasteiger partial charge < -0.3 is 14.7 Å². The zero-order valence-corrected chi connectivity index (χ0v) is 12.9. The van der Waals surface area contributed by atoms with Crippen LogP contribution in [0.3, 0.4) is 0 Å². The average molecular weight is 339 g/mol. The Morgan fingerprint density at radius 3 is 2.71 bits per heavy atom. The molecule has 1 heterocycles. The SMILES string of the molecule is CC(C(=O)O)N(C)C(=O)c1cn[nH]c1-c1cccc(OC(F)F)c1. The van der Waals surface area contributed by atoms with Crippen molar-refractivity contribution in [2.75, 3.05) is 7.05 Å². The number of rotatable bonds is 6. The third-order valence-electron chi connectivity index (χ3n) is 3.48. The Hall–Kier alpha value is -2.97. The minimum absolute atomic E-state index is 0.0669. The second-order valence-electron chi connectivity index (χ2n) is 5.00. The first-order valence-corrected chi connectivity index (χ1v) is 6.90. The Labute approximate surface area is 135 Å². The quantitative estimate of drug-likeness (QED) is 0.841. The lowest BCUT2D eigenvalue weighted by Gasteiger charge is -2.21. The van der Waals surface area contributed by atoms with Gasteiger partial charge in [-0.25, -0.2) is 4.79 Å². The zero-order chi connectivity index (χ0) is 17.9. The van der Waals surface area contributed by atoms with Crippen LogP contribution in [0.25, 0.3) is 11.3 Å². The number of benzene rings is 1. The number of amides is 1. The highest BCUT2D eigenvalue weighted by atomic mass is 19.3. The second-order valence-corrected chi connectivity index (χ2v) is 5.00. The van der Waals surface area contributed by atoms with Crippen molar-refractivity contribution >= 4 is 11.9 Å². The average Bonchev–Trinajstić information content (AvgIpc) is 3.01. The van der Waals surface area contributed by atoms with Gasteiger partial charge in [0.2, 0.25) is 0 Å². The predicted octanol–water partition coefficient (Wildman–Crippen LogP) is 2.22. The van der Waals surface area contributed by atoms with Crippen molar-refractivity contribution in [1.29, 1.82) is 0 Å². The molecule has 1 aromatic heterocycles. The van der Waals surface area contributed by atoms with Gasteiger partial charge in [0.15, 0.2) is 0 Å². The molecule has 2 N–H and O–H groups in total. The molecule has 0 fully saturated rings. The monoisotopic (exact) mass is 339 g/mol. The molecule has 24 heavy (non-hydrogen) atoms. The molecule has 0 spiro atoms. The number of aromatic amines is 1. The van der Waals surface area contributed by atoms with Crippen LogP contribution in [-0.4, -0.2) is 51.8 Å². The van der Waals surface area contributed by atoms with E-state index < -0.39 is 24.5 Å². The highest BCUT2D eigenvalue weighted by Crippen LogP contribution is 2.26. The van der Waals surface area contributed by atoms with E-state index in [1.807, 2.05) is 0 Å². The Balaban J connectivity index is 2.34. The molecule has 0 radical (unpaired) electrons. The fourth-order valence-corrected chi connectivity index (χ4v) is 2.03. The standard InChI is InChI=1S/C15H15F2N3O4/c1-8(14(22)23)20(2)13(21)11-7-18-19-12(11)9-4-3-5-10(6-9)24-15(16)17/h3-8,15H,1-2H3,(H,18,19)(H,22,23). The van der Waals surface area contributed by atoms with Gasteiger partial charge in [0.25, 0.3) is 5.91 Å². The van der Waals surface area contributed by atoms with Crippen molar-refractivity contribution in [3.8, 4) is 17.0 Å². The van der Waals surface area contributed by atoms with Crippen molar-refractivity contribution < 1.29 is 28.2 Å². The fourth-order valence-electron chi connectivity index (χ4n) is 2.03. The number of hydrogen-bond donors (Lipinski definition) is 2. The lowest BCUT2D eigenvalue weighted by molar-refractivity contribution is -0.141. The minimum Gasteiger partial charge on any atom is -0.480 e. The van der Waals surface area contributed by atoms with Crippen molar-refractivity contribution in [2.24, 2.45) is 0 Å². The molecule has 0 aliphatic heterocycles. The molecular weight excluding hydrogens is 324 g/mol. The third kappa shape index (κ3) is 3.67. The van der Waals surface area contributed by atoms with Crippen LogP contribution in [0.5, 0.6) is 5.75 Å². The van der Waals surface area contributed by atoms with Gasteiger partial charge in [-0.2, -0.15) is 13.9 Å². The van der Waals surface area contributed by atoms with Crippen molar-refractivity contribution in [2.45, 2.75) is 19.6 Å². The third-order valence-corrected chi connectivity index (χ3v) is 3.48. The van der Waals surface area contributed by atoms with E-state index in [1.54, 1.807) is 6.07 Å². The van der Waals surface area contributed by atoms with Crippen LogP contribution >= 0.6 is 0 Å². The van der Waals surface area contributed by atoms with E-state index >= 15 is 0 Å². The Kier molecular flexibility index (Phi) is 5.12. The smallest absolute Gasteiger partial charge is 0.387 e. The fraction of sp³-hybridized carbons (Fsp3) is 0.267. The van der Waals surface area contributed by atoms with E-state index in [-0.39, 0.29) is 17.0 Å². The highest BCUT2D eigenvalue weighted by molar-refractivity contribution is 6.01. The van der Waals surface area contributed by atoms with Crippen LogP contribution in [0.2, 0.25) is 0 Å². The van der Waals surface area contributed by atoms with Crippen molar-refractivity contribution in [3.63, 3.8) is 0 Å². The van der Waals surface area contributed by atoms with Gasteiger partial charge >= 0.3 is 12.6 Å². The molecular formula is C15H15F2N3O4. The topological polar surface area (TPSA) is 95.5 Å². The summed E-state index contributed by atoms with van der Waals surface area (Å²) in [5.41, 5.74) is 0.814. The summed E-state index contributed by atoms with van der Waals surface area (Å²) in [4.78, 5) is 24.5. The first-order valence-electron chi connectivity index (χ1n) is 6.90. The van der Waals surface area contributed by atoms with E-state index in [0.29, 0.717) is 5.56 Å². The number of carboxylic acid groups (broad SMARTS) is 1. The summed E-state index contributed by atoms with van der Waals surface area (Å²) in [5, 5.41) is 15.4. The van der Waals surface area contributed by atoms with Gasteiger partial charge in [0.05, 0.1) is 17.5 Å². The van der Waals surface area contributed by atoms with Crippen LogP contribution in [0.1, 0.15) is 17.3 Å². The molecule has 1 amide bonds. The lowest BCUT2D eigenvalue weighted by Crippen LogP contribution is -2.40. The Morgan fingerprint density at radius 1 is 1.38 bits per heavy atom. The second kappa shape index (κ2) is 7.07. The molecule has 2 aromatic rings. The highest BCUT2D eigenvalue weighted by Gasteiger charge is 2.26. The lowest BCUT2D eigenvalue weighted by atomic mass is 10.1. The number of carbonyl (C=O) groups excluding carboxylic acids is 1. The first-order chi connectivity index (χ1) is 11.3. The zero-order valence-electron chi connectivity index (χ0n) is 12.9. The molecule has 0 bridgehead atoms. The van der Waals surface area contributed by atoms with E-state index in [9.17, 15) is 18.4 Å². The van der Waals surface area contributed by atoms with Gasteiger partial charge in [-0.05, 0) is 19.1 Å². The van der Waals surface area contributed by atoms with Crippen molar-refractivity contribution in [1.82, 2.24) is 15.1 Å². The van der Waals surface area contributed by atoms with Crippen LogP contribution in [0.15, 0.2) is 30.5 Å². The molecule has 2 rings (SSSR count). The Morgan fingerprint density at radius 2 is 2.08 bits per heavy atom. The van der Waals surface area contributed by atoms with Gasteiger partial charge in [-0.1, -0.05) is 12.1 Å². The van der Waals surface area contributed by atoms with Gasteiger partial charge in [0, 0.05) is 12.6 Å². The maximum atomic E-state index is 12.5. The van der Waals surface area contributed by atoms with E-state index in [2.05, 4.69) is 14.9 Å². The number of ether oxygens (including phenoxy) is 1. The number of alkyl halides is 2. The van der Waals surface area contributed by atoms with Crippen molar-refractivity contribution in [3.05, 3.63) is 36.0 Å². The van der Waals surface area contributed by atoms with E-state index in [0.717, 1.165) is 4.90 Å². The molecule has 1 unspecified atom stereocenters. The molecule has 1 atom stereocenters. The molecule has 0 saturated heterocycles. The normalized spacial score (nSPS) is 12.0. The summed E-state index contributed by atoms with van der Waals surface area (Å²) in [6, 6.07) is 4.73. The van der Waals surface area contributed by atoms with E-state index in [1.165, 1.54) is 38.4 Å². The summed E-state index contributed by atoms with van der Waals surface area (Å²) < 4.78 is 29.0. The maximum Gasteiger partial charge on any atom is 0.387 e. The number of likely N-dealkylation sites (N-methyl/N-ethyl adjacent to an activating group) is 1. The number of nitrogens with zero attached hydrogens (tertiary/aromatic N) is 2. The summed E-state index contributed by atoms with van der Waals surface area (Å²) in [5.74, 6) is -1.78. The summed E-state index contributed by atoms with van der Waals surface area (Å²) in [7, 11) is 1.36. The first kappa shape index (κ1) is 17.4. The molecule has 1 aromatic carbocycles. The number of carboxylic acids is 1. The number of H-pyrrole nitrogens is 1. The van der Waals surface area contributed by atoms with Gasteiger partial charge in [-0.3, -0.25) is 9.89 Å². The van der Waals surface area contributed by atoms with Crippen LogP contribution < -0.4 is 4.74 Å². The van der Waals surface area contributed by atoms with E-state index in [4.69, 9.17) is 5.11 Å². The minimum atomic E-state index is -2.97. The van der Waals surface area contributed by atoms with Gasteiger partial charge in [0.1, 0.15) is 11.8 Å². The molecule has 7 nitrogen and oxygen atoms in total. The molecule has 0 aliphatic carbocycles. The maximum absolute atomic E-state index is 12.5. The Bertz CT molecular complexity index is 748. The summed E-state index contributed by atoms with van der Waals surface area (Å²) >= 11 is 0. The number of halogens is 2. The summed E-state index contributed by atoms with van der Waals surface area (Å²) in [6.45, 7) is -1.59. The van der Waals surface area contributed by atoms with Crippen LogP contribution in [0, 0.1) is 0 Å². The molecule has 128 valence electrons. The largest absolute Gasteiger partial charge is 0.480 e. The number of aliphatic carboxylic acids is 1. The number of hydrogen-bond acceptors (Lipinski definition) is 4. The summed E-state index contributed by atoms with van der Waals surface area (Å²) in [6.07, 6.45) is 1.25. The predicted molar refractivity (Wildman–Crippen MR) is 79.8 cm³/mol. The molecule has 0 saturated carbocycles. The molecule has 9 heteroatoms. The van der Waals surface area contributed by atoms with Crippen LogP contribution in [-0.2, 0) is 4.79 Å². The molecule has 0 aliphatic rings.